The molecule has 0 spiro atoms. The van der Waals surface area contributed by atoms with Crippen LogP contribution in [-0.4, -0.2) is 29.1 Å². The van der Waals surface area contributed by atoms with Crippen molar-refractivity contribution in [2.75, 3.05) is 0 Å². The number of hydrogen-bond donors (Lipinski definition) is 1. The number of ether oxygens (including phenoxy) is 2. The van der Waals surface area contributed by atoms with Gasteiger partial charge in [0.05, 0.1) is 0 Å². The Morgan fingerprint density at radius 2 is 1.83 bits per heavy atom. The molecule has 1 unspecified atom stereocenters. The van der Waals surface area contributed by atoms with Crippen molar-refractivity contribution < 1.29 is 29.0 Å². The molecule has 0 aliphatic heterocycles. The number of rotatable bonds is 6. The number of aliphatic carboxylic acids is 1. The highest BCUT2D eigenvalue weighted by Crippen LogP contribution is 2.03. The van der Waals surface area contributed by atoms with Crippen molar-refractivity contribution in [1.29, 1.82) is 0 Å². The molecular formula is C18H22O6. The molecule has 0 aromatic heterocycles. The SMILES string of the molecule is C=CC(=O)OC(C)C(=O)O.CC=C(C)C(=O)OCc1ccccc1. The van der Waals surface area contributed by atoms with Gasteiger partial charge in [0.15, 0.2) is 6.10 Å². The summed E-state index contributed by atoms with van der Waals surface area (Å²) >= 11 is 0. The van der Waals surface area contributed by atoms with E-state index in [9.17, 15) is 14.4 Å². The Labute approximate surface area is 141 Å². The minimum atomic E-state index is -1.17. The number of benzene rings is 1. The zero-order valence-corrected chi connectivity index (χ0v) is 14.0. The summed E-state index contributed by atoms with van der Waals surface area (Å²) in [5.74, 6) is -2.15. The van der Waals surface area contributed by atoms with Crippen LogP contribution in [0.5, 0.6) is 0 Å². The topological polar surface area (TPSA) is 89.9 Å². The molecule has 6 nitrogen and oxygen atoms in total. The molecule has 0 saturated heterocycles. The average molecular weight is 334 g/mol. The van der Waals surface area contributed by atoms with E-state index < -0.39 is 18.0 Å². The van der Waals surface area contributed by atoms with E-state index in [1.807, 2.05) is 37.3 Å². The molecule has 1 rings (SSSR count). The van der Waals surface area contributed by atoms with Crippen molar-refractivity contribution in [3.05, 3.63) is 60.2 Å². The molecule has 1 aromatic carbocycles. The second-order valence-corrected chi connectivity index (χ2v) is 4.65. The van der Waals surface area contributed by atoms with Crippen LogP contribution in [0.1, 0.15) is 26.3 Å². The van der Waals surface area contributed by atoms with Crippen LogP contribution in [0.4, 0.5) is 0 Å². The fourth-order valence-corrected chi connectivity index (χ4v) is 1.23. The highest BCUT2D eigenvalue weighted by atomic mass is 16.6. The van der Waals surface area contributed by atoms with Crippen LogP contribution in [0.15, 0.2) is 54.6 Å². The summed E-state index contributed by atoms with van der Waals surface area (Å²) < 4.78 is 9.38. The van der Waals surface area contributed by atoms with E-state index in [1.54, 1.807) is 13.0 Å². The molecular weight excluding hydrogens is 312 g/mol. The van der Waals surface area contributed by atoms with Gasteiger partial charge in [0.1, 0.15) is 6.61 Å². The second kappa shape index (κ2) is 11.6. The van der Waals surface area contributed by atoms with Crippen LogP contribution in [-0.2, 0) is 30.5 Å². The third-order valence-corrected chi connectivity index (χ3v) is 2.78. The van der Waals surface area contributed by atoms with Crippen LogP contribution in [0.25, 0.3) is 0 Å². The standard InChI is InChI=1S/C12H14O2.C6H8O4/c1-3-10(2)12(13)14-9-11-7-5-4-6-8-11;1-3-5(7)10-4(2)6(8)9/h3-8H,9H2,1-2H3;3-4H,1H2,2H3,(H,8,9). The van der Waals surface area contributed by atoms with Gasteiger partial charge in [0, 0.05) is 11.6 Å². The molecule has 130 valence electrons. The van der Waals surface area contributed by atoms with Crippen molar-refractivity contribution in [3.8, 4) is 0 Å². The zero-order chi connectivity index (χ0) is 18.5. The van der Waals surface area contributed by atoms with Crippen molar-refractivity contribution in [2.45, 2.75) is 33.5 Å². The average Bonchev–Trinajstić information content (AvgIpc) is 2.60. The first-order chi connectivity index (χ1) is 11.3. The molecule has 1 N–H and O–H groups in total. The maximum Gasteiger partial charge on any atom is 0.344 e. The molecule has 0 heterocycles. The van der Waals surface area contributed by atoms with E-state index in [0.717, 1.165) is 11.6 Å². The number of allylic oxidation sites excluding steroid dienone is 1. The van der Waals surface area contributed by atoms with E-state index in [-0.39, 0.29) is 5.97 Å². The smallest absolute Gasteiger partial charge is 0.344 e. The van der Waals surface area contributed by atoms with E-state index in [2.05, 4.69) is 11.3 Å². The predicted molar refractivity (Wildman–Crippen MR) is 89.1 cm³/mol. The Hall–Kier alpha value is -2.89. The van der Waals surface area contributed by atoms with E-state index in [1.165, 1.54) is 6.92 Å². The molecule has 6 heteroatoms. The molecule has 1 atom stereocenters. The number of carbonyl (C=O) groups is 3. The van der Waals surface area contributed by atoms with E-state index in [4.69, 9.17) is 9.84 Å². The Balaban J connectivity index is 0.000000470. The molecule has 0 radical (unpaired) electrons. The molecule has 1 aromatic rings. The van der Waals surface area contributed by atoms with Gasteiger partial charge in [0.25, 0.3) is 0 Å². The summed E-state index contributed by atoms with van der Waals surface area (Å²) in [5, 5.41) is 8.21. The normalized spacial score (nSPS) is 11.4. The molecule has 0 amide bonds. The monoisotopic (exact) mass is 334 g/mol. The summed E-state index contributed by atoms with van der Waals surface area (Å²) in [6.07, 6.45) is 1.55. The summed E-state index contributed by atoms with van der Waals surface area (Å²) in [6.45, 7) is 8.27. The van der Waals surface area contributed by atoms with Gasteiger partial charge in [0.2, 0.25) is 0 Å². The van der Waals surface area contributed by atoms with Gasteiger partial charge in [-0.3, -0.25) is 0 Å². The van der Waals surface area contributed by atoms with Crippen LogP contribution in [0.2, 0.25) is 0 Å². The van der Waals surface area contributed by atoms with Gasteiger partial charge >= 0.3 is 17.9 Å². The van der Waals surface area contributed by atoms with Gasteiger partial charge in [-0.25, -0.2) is 14.4 Å². The van der Waals surface area contributed by atoms with Crippen LogP contribution < -0.4 is 0 Å². The molecule has 0 aliphatic carbocycles. The number of carboxylic acids is 1. The largest absolute Gasteiger partial charge is 0.479 e. The number of carbonyl (C=O) groups excluding carboxylic acids is 2. The summed E-state index contributed by atoms with van der Waals surface area (Å²) in [5.41, 5.74) is 1.64. The Bertz CT molecular complexity index is 589. The Morgan fingerprint density at radius 3 is 2.29 bits per heavy atom. The van der Waals surface area contributed by atoms with Crippen molar-refractivity contribution in [1.82, 2.24) is 0 Å². The number of hydrogen-bond acceptors (Lipinski definition) is 5. The summed E-state index contributed by atoms with van der Waals surface area (Å²) in [7, 11) is 0. The number of carboxylic acid groups (broad SMARTS) is 1. The third-order valence-electron chi connectivity index (χ3n) is 2.78. The Morgan fingerprint density at radius 1 is 1.25 bits per heavy atom. The van der Waals surface area contributed by atoms with Crippen molar-refractivity contribution >= 4 is 17.9 Å². The predicted octanol–water partition coefficient (Wildman–Crippen LogP) is 2.88. The minimum Gasteiger partial charge on any atom is -0.479 e. The Kier molecular flexibility index (Phi) is 10.2. The first-order valence-corrected chi connectivity index (χ1v) is 7.21. The lowest BCUT2D eigenvalue weighted by Gasteiger charge is -2.04. The van der Waals surface area contributed by atoms with Crippen LogP contribution in [0, 0.1) is 0 Å². The molecule has 0 saturated carbocycles. The maximum absolute atomic E-state index is 11.3. The highest BCUT2D eigenvalue weighted by molar-refractivity contribution is 5.87. The molecule has 0 aliphatic rings. The maximum atomic E-state index is 11.3. The minimum absolute atomic E-state index is 0.253. The summed E-state index contributed by atoms with van der Waals surface area (Å²) in [4.78, 5) is 31.6. The van der Waals surface area contributed by atoms with Crippen molar-refractivity contribution in [3.63, 3.8) is 0 Å². The number of esters is 2. The lowest BCUT2D eigenvalue weighted by molar-refractivity contribution is -0.159. The fraction of sp³-hybridized carbons (Fsp3) is 0.278. The van der Waals surface area contributed by atoms with E-state index >= 15 is 0 Å². The first-order valence-electron chi connectivity index (χ1n) is 7.21. The van der Waals surface area contributed by atoms with Gasteiger partial charge in [-0.05, 0) is 26.3 Å². The lowest BCUT2D eigenvalue weighted by atomic mass is 10.2. The van der Waals surface area contributed by atoms with Crippen LogP contribution in [0.3, 0.4) is 0 Å². The lowest BCUT2D eigenvalue weighted by Crippen LogP contribution is -2.22. The van der Waals surface area contributed by atoms with Crippen molar-refractivity contribution in [2.24, 2.45) is 0 Å². The second-order valence-electron chi connectivity index (χ2n) is 4.65. The molecule has 24 heavy (non-hydrogen) atoms. The fourth-order valence-electron chi connectivity index (χ4n) is 1.23. The zero-order valence-electron chi connectivity index (χ0n) is 14.0. The molecule has 0 fully saturated rings. The van der Waals surface area contributed by atoms with Gasteiger partial charge in [-0.2, -0.15) is 0 Å². The quantitative estimate of drug-likeness (QED) is 0.635. The third kappa shape index (κ3) is 9.19. The van der Waals surface area contributed by atoms with Gasteiger partial charge in [-0.15, -0.1) is 0 Å². The van der Waals surface area contributed by atoms with Gasteiger partial charge < -0.3 is 14.6 Å². The van der Waals surface area contributed by atoms with Gasteiger partial charge in [-0.1, -0.05) is 43.0 Å². The first kappa shape index (κ1) is 21.1. The summed E-state index contributed by atoms with van der Waals surface area (Å²) in [6, 6.07) is 9.64. The van der Waals surface area contributed by atoms with E-state index in [0.29, 0.717) is 12.2 Å². The molecule has 0 bridgehead atoms. The highest BCUT2D eigenvalue weighted by Gasteiger charge is 2.13. The van der Waals surface area contributed by atoms with Crippen LogP contribution >= 0.6 is 0 Å².